The first-order valence-electron chi connectivity index (χ1n) is 5.71. The minimum Gasteiger partial charge on any atom is -0.379 e. The zero-order chi connectivity index (χ0) is 11.7. The van der Waals surface area contributed by atoms with Gasteiger partial charge in [-0.2, -0.15) is 0 Å². The van der Waals surface area contributed by atoms with E-state index in [4.69, 9.17) is 4.74 Å². The lowest BCUT2D eigenvalue weighted by molar-refractivity contribution is 0.0876. The lowest BCUT2D eigenvalue weighted by Gasteiger charge is -2.22. The summed E-state index contributed by atoms with van der Waals surface area (Å²) in [6.45, 7) is 1.69. The summed E-state index contributed by atoms with van der Waals surface area (Å²) in [4.78, 5) is 4.58. The first-order valence-corrected chi connectivity index (χ1v) is 7.32. The van der Waals surface area contributed by atoms with Gasteiger partial charge in [0.15, 0.2) is 5.13 Å². The van der Waals surface area contributed by atoms with Crippen LogP contribution in [0.5, 0.6) is 0 Å². The molecule has 2 heterocycles. The highest BCUT2D eigenvalue weighted by Gasteiger charge is 2.15. The predicted molar refractivity (Wildman–Crippen MR) is 74.8 cm³/mol. The Morgan fingerprint density at radius 1 is 1.47 bits per heavy atom. The molecule has 3 rings (SSSR count). The fourth-order valence-corrected chi connectivity index (χ4v) is 3.48. The SMILES string of the molecule is Brc1ccc2nc(NC3CCCOC3)sc2c1. The van der Waals surface area contributed by atoms with E-state index in [9.17, 15) is 0 Å². The van der Waals surface area contributed by atoms with Crippen LogP contribution in [0.25, 0.3) is 10.2 Å². The molecule has 0 saturated carbocycles. The van der Waals surface area contributed by atoms with E-state index in [1.807, 2.05) is 12.1 Å². The quantitative estimate of drug-likeness (QED) is 0.919. The number of hydrogen-bond donors (Lipinski definition) is 1. The Morgan fingerprint density at radius 3 is 3.24 bits per heavy atom. The van der Waals surface area contributed by atoms with E-state index in [2.05, 4.69) is 32.3 Å². The number of hydrogen-bond acceptors (Lipinski definition) is 4. The Kier molecular flexibility index (Phi) is 3.31. The maximum absolute atomic E-state index is 5.45. The molecule has 1 aliphatic rings. The van der Waals surface area contributed by atoms with Crippen molar-refractivity contribution in [1.29, 1.82) is 0 Å². The number of thiazole rings is 1. The first kappa shape index (κ1) is 11.4. The van der Waals surface area contributed by atoms with Gasteiger partial charge in [0.1, 0.15) is 0 Å². The van der Waals surface area contributed by atoms with Gasteiger partial charge in [-0.05, 0) is 31.0 Å². The van der Waals surface area contributed by atoms with Gasteiger partial charge in [0.2, 0.25) is 0 Å². The number of nitrogens with zero attached hydrogens (tertiary/aromatic N) is 1. The molecule has 5 heteroatoms. The molecule has 1 N–H and O–H groups in total. The van der Waals surface area contributed by atoms with Gasteiger partial charge in [-0.25, -0.2) is 4.98 Å². The lowest BCUT2D eigenvalue weighted by atomic mass is 10.1. The minimum absolute atomic E-state index is 0.410. The average Bonchev–Trinajstić information content (AvgIpc) is 2.71. The molecule has 0 amide bonds. The smallest absolute Gasteiger partial charge is 0.184 e. The number of ether oxygens (including phenoxy) is 1. The summed E-state index contributed by atoms with van der Waals surface area (Å²) in [6.07, 6.45) is 2.30. The van der Waals surface area contributed by atoms with Crippen molar-refractivity contribution in [2.24, 2.45) is 0 Å². The van der Waals surface area contributed by atoms with E-state index >= 15 is 0 Å². The predicted octanol–water partition coefficient (Wildman–Crippen LogP) is 3.65. The number of nitrogens with one attached hydrogen (secondary N) is 1. The molecule has 90 valence electrons. The van der Waals surface area contributed by atoms with E-state index in [0.29, 0.717) is 6.04 Å². The van der Waals surface area contributed by atoms with E-state index in [-0.39, 0.29) is 0 Å². The third-order valence-electron chi connectivity index (χ3n) is 2.84. The van der Waals surface area contributed by atoms with Crippen molar-refractivity contribution in [3.63, 3.8) is 0 Å². The molecule has 1 atom stereocenters. The van der Waals surface area contributed by atoms with Crippen molar-refractivity contribution in [3.05, 3.63) is 22.7 Å². The minimum atomic E-state index is 0.410. The summed E-state index contributed by atoms with van der Waals surface area (Å²) in [7, 11) is 0. The topological polar surface area (TPSA) is 34.2 Å². The summed E-state index contributed by atoms with van der Waals surface area (Å²) in [5.74, 6) is 0. The molecule has 0 radical (unpaired) electrons. The summed E-state index contributed by atoms with van der Waals surface area (Å²) in [5.41, 5.74) is 1.05. The molecule has 2 aromatic rings. The fourth-order valence-electron chi connectivity index (χ4n) is 1.99. The van der Waals surface area contributed by atoms with Crippen LogP contribution in [0.2, 0.25) is 0 Å². The van der Waals surface area contributed by atoms with E-state index < -0.39 is 0 Å². The molecule has 17 heavy (non-hydrogen) atoms. The first-order chi connectivity index (χ1) is 8.31. The van der Waals surface area contributed by atoms with Gasteiger partial charge < -0.3 is 10.1 Å². The largest absolute Gasteiger partial charge is 0.379 e. The molecule has 1 aromatic heterocycles. The van der Waals surface area contributed by atoms with Crippen molar-refractivity contribution >= 4 is 42.6 Å². The third-order valence-corrected chi connectivity index (χ3v) is 4.28. The molecule has 0 spiro atoms. The number of aromatic nitrogens is 1. The highest BCUT2D eigenvalue weighted by atomic mass is 79.9. The Balaban J connectivity index is 1.80. The lowest BCUT2D eigenvalue weighted by Crippen LogP contribution is -2.29. The van der Waals surface area contributed by atoms with Crippen LogP contribution in [-0.4, -0.2) is 24.2 Å². The molecule has 0 bridgehead atoms. The van der Waals surface area contributed by atoms with Crippen molar-refractivity contribution in [1.82, 2.24) is 4.98 Å². The second-order valence-corrected chi connectivity index (χ2v) is 6.14. The average molecular weight is 313 g/mol. The standard InChI is InChI=1S/C12H13BrN2OS/c13-8-3-4-10-11(6-8)17-12(15-10)14-9-2-1-5-16-7-9/h3-4,6,9H,1-2,5,7H2,(H,14,15). The van der Waals surface area contributed by atoms with Gasteiger partial charge in [0.25, 0.3) is 0 Å². The molecule has 1 aliphatic heterocycles. The van der Waals surface area contributed by atoms with Crippen LogP contribution < -0.4 is 5.32 Å². The number of benzene rings is 1. The number of anilines is 1. The normalized spacial score (nSPS) is 20.6. The number of halogens is 1. The molecular formula is C12H13BrN2OS. The van der Waals surface area contributed by atoms with Gasteiger partial charge in [-0.1, -0.05) is 27.3 Å². The molecule has 1 unspecified atom stereocenters. The van der Waals surface area contributed by atoms with Crippen LogP contribution in [0.1, 0.15) is 12.8 Å². The zero-order valence-corrected chi connectivity index (χ0v) is 11.7. The zero-order valence-electron chi connectivity index (χ0n) is 9.28. The Morgan fingerprint density at radius 2 is 2.41 bits per heavy atom. The van der Waals surface area contributed by atoms with Crippen molar-refractivity contribution < 1.29 is 4.74 Å². The van der Waals surface area contributed by atoms with Crippen molar-refractivity contribution in [2.75, 3.05) is 18.5 Å². The summed E-state index contributed by atoms with van der Waals surface area (Å²) >= 11 is 5.18. The van der Waals surface area contributed by atoms with Crippen LogP contribution in [-0.2, 0) is 4.74 Å². The Bertz CT molecular complexity index is 522. The van der Waals surface area contributed by atoms with E-state index in [0.717, 1.165) is 34.8 Å². The maximum atomic E-state index is 5.45. The van der Waals surface area contributed by atoms with Gasteiger partial charge >= 0.3 is 0 Å². The molecule has 1 saturated heterocycles. The van der Waals surface area contributed by atoms with Crippen LogP contribution in [0.3, 0.4) is 0 Å². The van der Waals surface area contributed by atoms with Gasteiger partial charge in [-0.15, -0.1) is 0 Å². The second kappa shape index (κ2) is 4.92. The van der Waals surface area contributed by atoms with E-state index in [1.165, 1.54) is 11.1 Å². The number of fused-ring (bicyclic) bond motifs is 1. The summed E-state index contributed by atoms with van der Waals surface area (Å²) in [5, 5.41) is 4.45. The molecule has 3 nitrogen and oxygen atoms in total. The Labute approximate surface area is 112 Å². The van der Waals surface area contributed by atoms with Gasteiger partial charge in [0.05, 0.1) is 22.9 Å². The Hall–Kier alpha value is -0.650. The fraction of sp³-hybridized carbons (Fsp3) is 0.417. The van der Waals surface area contributed by atoms with Crippen LogP contribution in [0.15, 0.2) is 22.7 Å². The maximum Gasteiger partial charge on any atom is 0.184 e. The molecular weight excluding hydrogens is 300 g/mol. The molecule has 0 aliphatic carbocycles. The van der Waals surface area contributed by atoms with E-state index in [1.54, 1.807) is 11.3 Å². The third kappa shape index (κ3) is 2.61. The monoisotopic (exact) mass is 312 g/mol. The van der Waals surface area contributed by atoms with Crippen molar-refractivity contribution in [3.8, 4) is 0 Å². The van der Waals surface area contributed by atoms with Crippen LogP contribution >= 0.6 is 27.3 Å². The molecule has 1 aromatic carbocycles. The van der Waals surface area contributed by atoms with Gasteiger partial charge in [-0.3, -0.25) is 0 Å². The number of rotatable bonds is 2. The highest BCUT2D eigenvalue weighted by Crippen LogP contribution is 2.29. The summed E-state index contributed by atoms with van der Waals surface area (Å²) < 4.78 is 7.76. The second-order valence-electron chi connectivity index (χ2n) is 4.19. The highest BCUT2D eigenvalue weighted by molar-refractivity contribution is 9.10. The van der Waals surface area contributed by atoms with Crippen LogP contribution in [0.4, 0.5) is 5.13 Å². The van der Waals surface area contributed by atoms with Crippen molar-refractivity contribution in [2.45, 2.75) is 18.9 Å². The summed E-state index contributed by atoms with van der Waals surface area (Å²) in [6, 6.07) is 6.58. The van der Waals surface area contributed by atoms with Gasteiger partial charge in [0, 0.05) is 11.1 Å². The van der Waals surface area contributed by atoms with Crippen LogP contribution in [0, 0.1) is 0 Å². The molecule has 1 fully saturated rings.